The molecule has 0 aliphatic carbocycles. The van der Waals surface area contributed by atoms with Gasteiger partial charge in [0.2, 0.25) is 0 Å². The van der Waals surface area contributed by atoms with Gasteiger partial charge in [-0.05, 0) is 25.0 Å². The number of hydrogen-bond donors (Lipinski definition) is 0. The molecule has 0 atom stereocenters. The Morgan fingerprint density at radius 2 is 1.94 bits per heavy atom. The van der Waals surface area contributed by atoms with Gasteiger partial charge in [-0.2, -0.15) is 0 Å². The maximum Gasteiger partial charge on any atom is 0.0941 e. The van der Waals surface area contributed by atoms with Crippen molar-refractivity contribution in [3.63, 3.8) is 0 Å². The summed E-state index contributed by atoms with van der Waals surface area (Å²) in [6, 6.07) is 8.54. The minimum atomic E-state index is 0. The molecule has 0 radical (unpaired) electrons. The first-order valence-electron chi connectivity index (χ1n) is 6.06. The van der Waals surface area contributed by atoms with Crippen LogP contribution in [-0.2, 0) is 0 Å². The van der Waals surface area contributed by atoms with E-state index in [1.54, 1.807) is 0 Å². The van der Waals surface area contributed by atoms with Crippen molar-refractivity contribution in [2.75, 3.05) is 18.1 Å². The summed E-state index contributed by atoms with van der Waals surface area (Å²) in [5.41, 5.74) is 2.65. The Labute approximate surface area is 121 Å². The predicted molar refractivity (Wildman–Crippen MR) is 84.7 cm³/mol. The summed E-state index contributed by atoms with van der Waals surface area (Å²) in [7, 11) is 0. The summed E-state index contributed by atoms with van der Waals surface area (Å²) in [5.74, 6) is 0. The summed E-state index contributed by atoms with van der Waals surface area (Å²) in [5, 5.41) is 0. The summed E-state index contributed by atoms with van der Waals surface area (Å²) in [4.78, 5) is 4.68. The molecule has 2 nitrogen and oxygen atoms in total. The summed E-state index contributed by atoms with van der Waals surface area (Å²) in [6.45, 7) is 6.55. The van der Waals surface area contributed by atoms with Crippen molar-refractivity contribution >= 4 is 29.7 Å². The van der Waals surface area contributed by atoms with Crippen LogP contribution in [-0.4, -0.2) is 18.1 Å². The number of benzene rings is 1. The van der Waals surface area contributed by atoms with Crippen LogP contribution in [0.3, 0.4) is 0 Å². The van der Waals surface area contributed by atoms with Crippen molar-refractivity contribution in [3.8, 4) is 0 Å². The summed E-state index contributed by atoms with van der Waals surface area (Å²) in [6.07, 6.45) is 6.90. The molecule has 0 amide bonds. The molecule has 1 aromatic rings. The van der Waals surface area contributed by atoms with E-state index in [0.29, 0.717) is 0 Å². The summed E-state index contributed by atoms with van der Waals surface area (Å²) >= 11 is 0. The van der Waals surface area contributed by atoms with Gasteiger partial charge in [0.1, 0.15) is 0 Å². The highest BCUT2D eigenvalue weighted by atomic mass is 127. The number of aryl methyl sites for hydroxylation is 1. The van der Waals surface area contributed by atoms with Gasteiger partial charge < -0.3 is 9.80 Å². The van der Waals surface area contributed by atoms with Crippen LogP contribution in [0.1, 0.15) is 25.3 Å². The second-order valence-corrected chi connectivity index (χ2v) is 4.36. The van der Waals surface area contributed by atoms with Gasteiger partial charge in [-0.1, -0.05) is 31.5 Å². The van der Waals surface area contributed by atoms with E-state index in [1.807, 2.05) is 0 Å². The van der Waals surface area contributed by atoms with Gasteiger partial charge >= 0.3 is 0 Å². The first-order valence-corrected chi connectivity index (χ1v) is 6.06. The lowest BCUT2D eigenvalue weighted by atomic mass is 10.2. The lowest BCUT2D eigenvalue weighted by Crippen LogP contribution is -2.26. The lowest BCUT2D eigenvalue weighted by molar-refractivity contribution is 0.396. The van der Waals surface area contributed by atoms with E-state index in [2.05, 4.69) is 60.3 Å². The van der Waals surface area contributed by atoms with E-state index < -0.39 is 0 Å². The molecule has 0 fully saturated rings. The molecule has 0 unspecified atom stereocenters. The quantitative estimate of drug-likeness (QED) is 0.763. The number of anilines is 1. The van der Waals surface area contributed by atoms with Crippen LogP contribution in [0, 0.1) is 6.92 Å². The van der Waals surface area contributed by atoms with Gasteiger partial charge in [-0.25, -0.2) is 0 Å². The van der Waals surface area contributed by atoms with E-state index in [1.165, 1.54) is 24.1 Å². The predicted octanol–water partition coefficient (Wildman–Crippen LogP) is 3.96. The van der Waals surface area contributed by atoms with Gasteiger partial charge in [0.25, 0.3) is 0 Å². The molecule has 0 spiro atoms. The monoisotopic (exact) mass is 344 g/mol. The fourth-order valence-corrected chi connectivity index (χ4v) is 2.01. The fourth-order valence-electron chi connectivity index (χ4n) is 2.01. The van der Waals surface area contributed by atoms with Crippen LogP contribution < -0.4 is 4.90 Å². The number of hydrogen-bond acceptors (Lipinski definition) is 2. The van der Waals surface area contributed by atoms with Crippen LogP contribution in [0.4, 0.5) is 5.69 Å². The van der Waals surface area contributed by atoms with Gasteiger partial charge in [0, 0.05) is 24.6 Å². The first kappa shape index (κ1) is 14.4. The van der Waals surface area contributed by atoms with Crippen LogP contribution >= 0.6 is 24.0 Å². The van der Waals surface area contributed by atoms with Crippen LogP contribution in [0.5, 0.6) is 0 Å². The van der Waals surface area contributed by atoms with E-state index >= 15 is 0 Å². The highest BCUT2D eigenvalue weighted by Gasteiger charge is 2.14. The second kappa shape index (κ2) is 6.89. The molecule has 0 bridgehead atoms. The van der Waals surface area contributed by atoms with Crippen molar-refractivity contribution in [3.05, 3.63) is 42.2 Å². The highest BCUT2D eigenvalue weighted by molar-refractivity contribution is 14.0. The Hall–Kier alpha value is -0.710. The summed E-state index contributed by atoms with van der Waals surface area (Å²) < 4.78 is 0. The second-order valence-electron chi connectivity index (χ2n) is 4.36. The first-order chi connectivity index (χ1) is 7.81. The van der Waals surface area contributed by atoms with E-state index in [0.717, 1.165) is 13.2 Å². The van der Waals surface area contributed by atoms with Crippen molar-refractivity contribution in [1.82, 2.24) is 4.90 Å². The standard InChI is InChI=1S/C14H20N2.HI/c1-3-4-9-15-10-11-16(12-15)14-8-6-5-7-13(14)2;/h5-8,10-11H,3-4,9,12H2,1-2H3;1H. The van der Waals surface area contributed by atoms with Crippen molar-refractivity contribution in [2.45, 2.75) is 26.7 Å². The molecular weight excluding hydrogens is 323 g/mol. The molecular formula is C14H21IN2. The van der Waals surface area contributed by atoms with Gasteiger partial charge in [0.05, 0.1) is 6.67 Å². The van der Waals surface area contributed by atoms with E-state index in [-0.39, 0.29) is 24.0 Å². The van der Waals surface area contributed by atoms with Crippen LogP contribution in [0.2, 0.25) is 0 Å². The molecule has 94 valence electrons. The van der Waals surface area contributed by atoms with Crippen molar-refractivity contribution in [1.29, 1.82) is 0 Å². The number of rotatable bonds is 4. The average molecular weight is 344 g/mol. The number of para-hydroxylation sites is 1. The number of nitrogens with zero attached hydrogens (tertiary/aromatic N) is 2. The third-order valence-corrected chi connectivity index (χ3v) is 3.02. The molecule has 17 heavy (non-hydrogen) atoms. The van der Waals surface area contributed by atoms with Crippen molar-refractivity contribution in [2.24, 2.45) is 0 Å². The highest BCUT2D eigenvalue weighted by Crippen LogP contribution is 2.22. The average Bonchev–Trinajstić information content (AvgIpc) is 2.75. The topological polar surface area (TPSA) is 6.48 Å². The Balaban J connectivity index is 0.00000144. The molecule has 1 aliphatic rings. The third-order valence-electron chi connectivity index (χ3n) is 3.02. The van der Waals surface area contributed by atoms with Gasteiger partial charge in [0.15, 0.2) is 0 Å². The molecule has 0 N–H and O–H groups in total. The molecule has 1 aliphatic heterocycles. The fraction of sp³-hybridized carbons (Fsp3) is 0.429. The van der Waals surface area contributed by atoms with E-state index in [4.69, 9.17) is 0 Å². The largest absolute Gasteiger partial charge is 0.358 e. The molecule has 0 aromatic heterocycles. The van der Waals surface area contributed by atoms with Crippen LogP contribution in [0.15, 0.2) is 36.7 Å². The number of unbranched alkanes of at least 4 members (excludes halogenated alkanes) is 1. The normalized spacial score (nSPS) is 14.0. The molecule has 0 saturated heterocycles. The Kier molecular flexibility index (Phi) is 5.82. The zero-order valence-corrected chi connectivity index (χ0v) is 12.9. The maximum absolute atomic E-state index is 2.37. The van der Waals surface area contributed by atoms with Crippen molar-refractivity contribution < 1.29 is 0 Å². The third kappa shape index (κ3) is 3.63. The van der Waals surface area contributed by atoms with Crippen LogP contribution in [0.25, 0.3) is 0 Å². The molecule has 0 saturated carbocycles. The SMILES string of the molecule is CCCCN1C=CN(c2ccccc2C)C1.I. The Morgan fingerprint density at radius 3 is 2.65 bits per heavy atom. The zero-order chi connectivity index (χ0) is 11.4. The maximum atomic E-state index is 2.37. The molecule has 1 aromatic carbocycles. The smallest absolute Gasteiger partial charge is 0.0941 e. The zero-order valence-electron chi connectivity index (χ0n) is 10.6. The Morgan fingerprint density at radius 1 is 1.18 bits per heavy atom. The minimum absolute atomic E-state index is 0. The van der Waals surface area contributed by atoms with Gasteiger partial charge in [-0.15, -0.1) is 24.0 Å². The molecule has 1 heterocycles. The van der Waals surface area contributed by atoms with E-state index in [9.17, 15) is 0 Å². The Bertz CT molecular complexity index is 376. The molecule has 3 heteroatoms. The lowest BCUT2D eigenvalue weighted by Gasteiger charge is -2.22. The minimum Gasteiger partial charge on any atom is -0.358 e. The number of halogens is 1. The van der Waals surface area contributed by atoms with Gasteiger partial charge in [-0.3, -0.25) is 0 Å². The molecule has 2 rings (SSSR count).